The minimum Gasteiger partial charge on any atom is -0.354 e. The zero-order valence-electron chi connectivity index (χ0n) is 12.4. The number of halogens is 2. The van der Waals surface area contributed by atoms with Gasteiger partial charge in [0, 0.05) is 6.54 Å². The summed E-state index contributed by atoms with van der Waals surface area (Å²) >= 11 is 6.11. The first-order valence-electron chi connectivity index (χ1n) is 6.95. The molecule has 1 aromatic heterocycles. The van der Waals surface area contributed by atoms with Crippen LogP contribution in [0.3, 0.4) is 0 Å². The lowest BCUT2D eigenvalue weighted by molar-refractivity contribution is -0.121. The van der Waals surface area contributed by atoms with Crippen LogP contribution in [0.25, 0.3) is 11.0 Å². The van der Waals surface area contributed by atoms with E-state index in [0.29, 0.717) is 23.8 Å². The van der Waals surface area contributed by atoms with Gasteiger partial charge in [0.25, 0.3) is 0 Å². The molecule has 0 aliphatic carbocycles. The van der Waals surface area contributed by atoms with Crippen LogP contribution in [0.5, 0.6) is 0 Å². The van der Waals surface area contributed by atoms with Crippen LogP contribution < -0.4 is 5.32 Å². The van der Waals surface area contributed by atoms with Gasteiger partial charge in [-0.2, -0.15) is 0 Å². The highest BCUT2D eigenvalue weighted by atomic mass is 35.5. The third-order valence-electron chi connectivity index (χ3n) is 3.12. The van der Waals surface area contributed by atoms with E-state index in [2.05, 4.69) is 10.3 Å². The van der Waals surface area contributed by atoms with Gasteiger partial charge in [-0.3, -0.25) is 4.79 Å². The lowest BCUT2D eigenvalue weighted by Crippen LogP contribution is -2.31. The number of imidazole rings is 1. The fraction of sp³-hybridized carbons (Fsp3) is 0.467. The molecule has 0 fully saturated rings. The van der Waals surface area contributed by atoms with Gasteiger partial charge in [-0.1, -0.05) is 19.9 Å². The van der Waals surface area contributed by atoms with Crippen molar-refractivity contribution in [3.63, 3.8) is 0 Å². The molecule has 0 saturated heterocycles. The normalized spacial score (nSPS) is 12.9. The van der Waals surface area contributed by atoms with Gasteiger partial charge in [0.1, 0.15) is 17.9 Å². The van der Waals surface area contributed by atoms with Crippen LogP contribution >= 0.6 is 11.6 Å². The first-order chi connectivity index (χ1) is 9.90. The largest absolute Gasteiger partial charge is 0.354 e. The van der Waals surface area contributed by atoms with E-state index in [4.69, 9.17) is 11.6 Å². The fourth-order valence-corrected chi connectivity index (χ4v) is 2.28. The van der Waals surface area contributed by atoms with Gasteiger partial charge < -0.3 is 9.88 Å². The number of amides is 1. The molecule has 1 unspecified atom stereocenters. The highest BCUT2D eigenvalue weighted by Crippen LogP contribution is 2.25. The Morgan fingerprint density at radius 2 is 2.14 bits per heavy atom. The fourth-order valence-electron chi connectivity index (χ4n) is 2.12. The van der Waals surface area contributed by atoms with E-state index >= 15 is 0 Å². The number of aromatic nitrogens is 2. The third kappa shape index (κ3) is 3.53. The zero-order valence-corrected chi connectivity index (χ0v) is 13.1. The summed E-state index contributed by atoms with van der Waals surface area (Å²) in [5.41, 5.74) is 0.828. The van der Waals surface area contributed by atoms with E-state index in [1.807, 2.05) is 13.8 Å². The maximum absolute atomic E-state index is 13.8. The van der Waals surface area contributed by atoms with Crippen LogP contribution in [0, 0.1) is 11.7 Å². The number of nitrogens with zero attached hydrogens (tertiary/aromatic N) is 2. The molecule has 0 radical (unpaired) electrons. The van der Waals surface area contributed by atoms with Crippen molar-refractivity contribution in [2.24, 2.45) is 5.92 Å². The number of hydrogen-bond acceptors (Lipinski definition) is 2. The Labute approximate surface area is 128 Å². The summed E-state index contributed by atoms with van der Waals surface area (Å²) in [7, 11) is 0. The van der Waals surface area contributed by atoms with E-state index in [9.17, 15) is 9.18 Å². The van der Waals surface area contributed by atoms with Crippen molar-refractivity contribution in [2.75, 3.05) is 6.54 Å². The van der Waals surface area contributed by atoms with Gasteiger partial charge in [0.05, 0.1) is 10.9 Å². The summed E-state index contributed by atoms with van der Waals surface area (Å²) in [5, 5.41) is 2.43. The summed E-state index contributed by atoms with van der Waals surface area (Å²) < 4.78 is 15.5. The Balaban J connectivity index is 2.35. The average molecular weight is 312 g/mol. The number of nitrogens with one attached hydrogen (secondary N) is 1. The van der Waals surface area contributed by atoms with Gasteiger partial charge >= 0.3 is 0 Å². The maximum Gasteiger partial charge on any atom is 0.240 e. The van der Waals surface area contributed by atoms with E-state index in [1.165, 1.54) is 6.07 Å². The number of carbonyl (C=O) groups excluding carboxylic acids is 1. The summed E-state index contributed by atoms with van der Waals surface area (Å²) in [6, 6.07) is 4.69. The van der Waals surface area contributed by atoms with Crippen molar-refractivity contribution in [1.82, 2.24) is 14.9 Å². The molecule has 4 nitrogen and oxygen atoms in total. The van der Waals surface area contributed by atoms with E-state index < -0.39 is 11.2 Å². The van der Waals surface area contributed by atoms with Gasteiger partial charge in [0.2, 0.25) is 5.91 Å². The second kappa shape index (κ2) is 6.43. The monoisotopic (exact) mass is 311 g/mol. The molecule has 2 aromatic rings. The Kier molecular flexibility index (Phi) is 4.83. The maximum atomic E-state index is 13.8. The van der Waals surface area contributed by atoms with Crippen molar-refractivity contribution in [1.29, 1.82) is 0 Å². The van der Waals surface area contributed by atoms with Crippen molar-refractivity contribution < 1.29 is 9.18 Å². The molecule has 2 rings (SSSR count). The number of para-hydroxylation sites is 1. The van der Waals surface area contributed by atoms with Gasteiger partial charge in [0.15, 0.2) is 5.82 Å². The van der Waals surface area contributed by atoms with E-state index in [-0.39, 0.29) is 18.0 Å². The highest BCUT2D eigenvalue weighted by molar-refractivity contribution is 6.20. The first-order valence-corrected chi connectivity index (χ1v) is 7.39. The van der Waals surface area contributed by atoms with Crippen molar-refractivity contribution >= 4 is 28.5 Å². The number of benzene rings is 1. The Morgan fingerprint density at radius 1 is 1.43 bits per heavy atom. The van der Waals surface area contributed by atoms with Crippen molar-refractivity contribution in [3.05, 3.63) is 29.8 Å². The molecule has 6 heteroatoms. The molecule has 1 aromatic carbocycles. The molecule has 1 amide bonds. The predicted octanol–water partition coefficient (Wildman–Crippen LogP) is 3.25. The molecule has 114 valence electrons. The number of alkyl halides is 1. The first kappa shape index (κ1) is 15.8. The van der Waals surface area contributed by atoms with Crippen LogP contribution in [-0.4, -0.2) is 22.0 Å². The highest BCUT2D eigenvalue weighted by Gasteiger charge is 2.18. The zero-order chi connectivity index (χ0) is 15.6. The molecule has 1 atom stereocenters. The van der Waals surface area contributed by atoms with Crippen LogP contribution in [0.4, 0.5) is 4.39 Å². The molecule has 0 aliphatic rings. The smallest absolute Gasteiger partial charge is 0.240 e. The molecule has 1 heterocycles. The lowest BCUT2D eigenvalue weighted by Gasteiger charge is -2.12. The van der Waals surface area contributed by atoms with Crippen molar-refractivity contribution in [2.45, 2.75) is 32.7 Å². The van der Waals surface area contributed by atoms with Gasteiger partial charge in [-0.05, 0) is 25.0 Å². The molecule has 0 spiro atoms. The van der Waals surface area contributed by atoms with Crippen molar-refractivity contribution in [3.8, 4) is 0 Å². The second-order valence-corrected chi connectivity index (χ2v) is 6.13. The van der Waals surface area contributed by atoms with Crippen LogP contribution in [0.1, 0.15) is 32.0 Å². The van der Waals surface area contributed by atoms with Crippen LogP contribution in [0.15, 0.2) is 18.2 Å². The number of hydrogen-bond donors (Lipinski definition) is 1. The van der Waals surface area contributed by atoms with Gasteiger partial charge in [-0.25, -0.2) is 9.37 Å². The molecular weight excluding hydrogens is 293 g/mol. The summed E-state index contributed by atoms with van der Waals surface area (Å²) in [4.78, 5) is 16.3. The minimum atomic E-state index is -0.410. The van der Waals surface area contributed by atoms with Gasteiger partial charge in [-0.15, -0.1) is 11.6 Å². The van der Waals surface area contributed by atoms with Crippen LogP contribution in [0.2, 0.25) is 0 Å². The second-order valence-electron chi connectivity index (χ2n) is 5.48. The van der Waals surface area contributed by atoms with Crippen LogP contribution in [-0.2, 0) is 11.3 Å². The summed E-state index contributed by atoms with van der Waals surface area (Å²) in [6.07, 6.45) is 0. The third-order valence-corrected chi connectivity index (χ3v) is 3.32. The molecule has 1 N–H and O–H groups in total. The molecule has 0 bridgehead atoms. The lowest BCUT2D eigenvalue weighted by atomic mass is 10.2. The standard InChI is InChI=1S/C15H19ClFN3O/c1-9(2)7-18-13(21)8-20-12-6-4-5-11(17)14(12)19-15(20)10(3)16/h4-6,9-10H,7-8H2,1-3H3,(H,18,21). The molecule has 21 heavy (non-hydrogen) atoms. The topological polar surface area (TPSA) is 46.9 Å². The Bertz CT molecular complexity index is 652. The van der Waals surface area contributed by atoms with E-state index in [0.717, 1.165) is 0 Å². The quantitative estimate of drug-likeness (QED) is 0.862. The van der Waals surface area contributed by atoms with E-state index in [1.54, 1.807) is 23.6 Å². The summed E-state index contributed by atoms with van der Waals surface area (Å²) in [6.45, 7) is 6.48. The SMILES string of the molecule is CC(C)CNC(=O)Cn1c(C(C)Cl)nc2c(F)cccc21. The molecule has 0 aliphatic heterocycles. The molecule has 0 saturated carbocycles. The summed E-state index contributed by atoms with van der Waals surface area (Å²) in [5.74, 6) is 0.326. The minimum absolute atomic E-state index is 0.0824. The average Bonchev–Trinajstić information content (AvgIpc) is 2.77. The predicted molar refractivity (Wildman–Crippen MR) is 81.8 cm³/mol. The number of fused-ring (bicyclic) bond motifs is 1. The Morgan fingerprint density at radius 3 is 2.76 bits per heavy atom. The number of carbonyl (C=O) groups is 1. The Hall–Kier alpha value is -1.62. The molecular formula is C15H19ClFN3O. The number of rotatable bonds is 5.